The molecule has 0 atom stereocenters. The highest BCUT2D eigenvalue weighted by atomic mass is 35.5. The average Bonchev–Trinajstić information content (AvgIpc) is 2.13. The lowest BCUT2D eigenvalue weighted by Gasteiger charge is -2.26. The third kappa shape index (κ3) is 1.66. The van der Waals surface area contributed by atoms with Crippen LogP contribution in [0.1, 0.15) is 24.8 Å². The van der Waals surface area contributed by atoms with Crippen molar-refractivity contribution in [2.45, 2.75) is 25.4 Å². The van der Waals surface area contributed by atoms with Crippen LogP contribution in [0.5, 0.6) is 5.88 Å². The summed E-state index contributed by atoms with van der Waals surface area (Å²) < 4.78 is 5.53. The van der Waals surface area contributed by atoms with Gasteiger partial charge in [0.1, 0.15) is 17.2 Å². The van der Waals surface area contributed by atoms with Gasteiger partial charge in [-0.3, -0.25) is 0 Å². The molecular weight excluding hydrogens is 200 g/mol. The van der Waals surface area contributed by atoms with Gasteiger partial charge >= 0.3 is 0 Å². The fourth-order valence-electron chi connectivity index (χ4n) is 1.24. The van der Waals surface area contributed by atoms with Gasteiger partial charge in [0.2, 0.25) is 5.88 Å². The summed E-state index contributed by atoms with van der Waals surface area (Å²) in [7, 11) is 0. The maximum atomic E-state index is 8.73. The van der Waals surface area contributed by atoms with E-state index in [2.05, 4.69) is 4.98 Å². The lowest BCUT2D eigenvalue weighted by Crippen LogP contribution is -2.25. The highest BCUT2D eigenvalue weighted by Crippen LogP contribution is 2.30. The zero-order valence-corrected chi connectivity index (χ0v) is 8.29. The molecule has 1 aromatic heterocycles. The Balaban J connectivity index is 2.20. The first kappa shape index (κ1) is 9.29. The molecule has 1 aliphatic carbocycles. The zero-order valence-electron chi connectivity index (χ0n) is 7.53. The molecule has 0 N–H and O–H groups in total. The molecule has 4 heteroatoms. The predicted molar refractivity (Wildman–Crippen MR) is 52.2 cm³/mol. The SMILES string of the molecule is N#Cc1ccnc(OC2CCC2)c1Cl. The summed E-state index contributed by atoms with van der Waals surface area (Å²) in [6.45, 7) is 0. The summed E-state index contributed by atoms with van der Waals surface area (Å²) in [5, 5.41) is 9.05. The molecule has 0 unspecified atom stereocenters. The Morgan fingerprint density at radius 1 is 1.57 bits per heavy atom. The van der Waals surface area contributed by atoms with Gasteiger partial charge in [0, 0.05) is 6.20 Å². The van der Waals surface area contributed by atoms with Crippen molar-refractivity contribution in [1.29, 1.82) is 5.26 Å². The average molecular weight is 209 g/mol. The fraction of sp³-hybridized carbons (Fsp3) is 0.400. The van der Waals surface area contributed by atoms with Crippen LogP contribution in [-0.2, 0) is 0 Å². The number of halogens is 1. The molecule has 1 aliphatic rings. The minimum atomic E-state index is 0.231. The molecule has 0 saturated heterocycles. The van der Waals surface area contributed by atoms with Gasteiger partial charge in [0.15, 0.2) is 0 Å². The Morgan fingerprint density at radius 2 is 2.36 bits per heavy atom. The predicted octanol–water partition coefficient (Wildman–Crippen LogP) is 2.54. The van der Waals surface area contributed by atoms with Crippen LogP contribution in [0.25, 0.3) is 0 Å². The van der Waals surface area contributed by atoms with Gasteiger partial charge in [0.05, 0.1) is 5.56 Å². The molecule has 1 fully saturated rings. The second kappa shape index (κ2) is 3.85. The third-order valence-corrected chi connectivity index (χ3v) is 2.67. The van der Waals surface area contributed by atoms with Crippen LogP contribution in [0.2, 0.25) is 5.02 Å². The van der Waals surface area contributed by atoms with Crippen molar-refractivity contribution < 1.29 is 4.74 Å². The molecular formula is C10H9ClN2O. The largest absolute Gasteiger partial charge is 0.473 e. The number of rotatable bonds is 2. The Kier molecular flexibility index (Phi) is 2.55. The van der Waals surface area contributed by atoms with Crippen LogP contribution in [-0.4, -0.2) is 11.1 Å². The summed E-state index contributed by atoms with van der Waals surface area (Å²) in [5.74, 6) is 0.385. The number of hydrogen-bond donors (Lipinski definition) is 0. The molecule has 3 nitrogen and oxygen atoms in total. The Labute approximate surface area is 87.3 Å². The molecule has 1 aromatic rings. The van der Waals surface area contributed by atoms with E-state index in [1.807, 2.05) is 6.07 Å². The second-order valence-electron chi connectivity index (χ2n) is 3.26. The highest BCUT2D eigenvalue weighted by Gasteiger charge is 2.21. The van der Waals surface area contributed by atoms with Crippen LogP contribution in [0.3, 0.4) is 0 Å². The van der Waals surface area contributed by atoms with E-state index in [9.17, 15) is 0 Å². The van der Waals surface area contributed by atoms with E-state index in [-0.39, 0.29) is 6.10 Å². The molecule has 14 heavy (non-hydrogen) atoms. The minimum Gasteiger partial charge on any atom is -0.473 e. The number of nitrogens with zero attached hydrogens (tertiary/aromatic N) is 2. The summed E-state index contributed by atoms with van der Waals surface area (Å²) >= 11 is 5.92. The van der Waals surface area contributed by atoms with E-state index in [4.69, 9.17) is 21.6 Å². The molecule has 1 saturated carbocycles. The molecule has 1 heterocycles. The second-order valence-corrected chi connectivity index (χ2v) is 3.64. The first-order chi connectivity index (χ1) is 6.81. The van der Waals surface area contributed by atoms with Crippen molar-refractivity contribution >= 4 is 11.6 Å². The lowest BCUT2D eigenvalue weighted by atomic mass is 9.96. The van der Waals surface area contributed by atoms with Crippen molar-refractivity contribution in [2.75, 3.05) is 0 Å². The summed E-state index contributed by atoms with van der Waals surface area (Å²) in [4.78, 5) is 4.00. The van der Waals surface area contributed by atoms with Gasteiger partial charge in [-0.15, -0.1) is 0 Å². The van der Waals surface area contributed by atoms with E-state index in [0.717, 1.165) is 12.8 Å². The number of aromatic nitrogens is 1. The van der Waals surface area contributed by atoms with Crippen LogP contribution < -0.4 is 4.74 Å². The monoisotopic (exact) mass is 208 g/mol. The first-order valence-corrected chi connectivity index (χ1v) is 4.90. The van der Waals surface area contributed by atoms with E-state index in [1.165, 1.54) is 6.42 Å². The van der Waals surface area contributed by atoms with Gasteiger partial charge in [-0.1, -0.05) is 11.6 Å². The maximum absolute atomic E-state index is 8.73. The summed E-state index contributed by atoms with van der Waals surface area (Å²) in [6.07, 6.45) is 5.07. The van der Waals surface area contributed by atoms with Gasteiger partial charge in [-0.05, 0) is 25.3 Å². The Morgan fingerprint density at radius 3 is 2.93 bits per heavy atom. The lowest BCUT2D eigenvalue weighted by molar-refractivity contribution is 0.115. The van der Waals surface area contributed by atoms with E-state index < -0.39 is 0 Å². The van der Waals surface area contributed by atoms with Crippen molar-refractivity contribution in [1.82, 2.24) is 4.98 Å². The number of ether oxygens (including phenoxy) is 1. The number of nitriles is 1. The van der Waals surface area contributed by atoms with Crippen LogP contribution in [0.15, 0.2) is 12.3 Å². The van der Waals surface area contributed by atoms with Crippen LogP contribution >= 0.6 is 11.6 Å². The standard InChI is InChI=1S/C10H9ClN2O/c11-9-7(6-12)4-5-13-10(9)14-8-2-1-3-8/h4-5,8H,1-3H2. The minimum absolute atomic E-state index is 0.231. The molecule has 0 aliphatic heterocycles. The van der Waals surface area contributed by atoms with Crippen molar-refractivity contribution in [2.24, 2.45) is 0 Å². The van der Waals surface area contributed by atoms with E-state index in [0.29, 0.717) is 16.5 Å². The smallest absolute Gasteiger partial charge is 0.234 e. The molecule has 2 rings (SSSR count). The van der Waals surface area contributed by atoms with Crippen molar-refractivity contribution in [3.05, 3.63) is 22.8 Å². The highest BCUT2D eigenvalue weighted by molar-refractivity contribution is 6.32. The number of pyridine rings is 1. The Hall–Kier alpha value is -1.27. The quantitative estimate of drug-likeness (QED) is 0.750. The number of hydrogen-bond acceptors (Lipinski definition) is 3. The molecule has 0 spiro atoms. The van der Waals surface area contributed by atoms with Gasteiger partial charge in [-0.25, -0.2) is 4.98 Å². The first-order valence-electron chi connectivity index (χ1n) is 4.52. The maximum Gasteiger partial charge on any atom is 0.234 e. The van der Waals surface area contributed by atoms with Crippen LogP contribution in [0, 0.1) is 11.3 Å². The molecule has 0 amide bonds. The molecule has 72 valence electrons. The van der Waals surface area contributed by atoms with Crippen LogP contribution in [0.4, 0.5) is 0 Å². The zero-order chi connectivity index (χ0) is 9.97. The molecule has 0 radical (unpaired) electrons. The molecule has 0 aromatic carbocycles. The fourth-order valence-corrected chi connectivity index (χ4v) is 1.44. The van der Waals surface area contributed by atoms with Crippen molar-refractivity contribution in [3.8, 4) is 11.9 Å². The van der Waals surface area contributed by atoms with E-state index in [1.54, 1.807) is 12.3 Å². The van der Waals surface area contributed by atoms with Gasteiger partial charge in [-0.2, -0.15) is 5.26 Å². The van der Waals surface area contributed by atoms with E-state index >= 15 is 0 Å². The van der Waals surface area contributed by atoms with Gasteiger partial charge < -0.3 is 4.74 Å². The third-order valence-electron chi connectivity index (χ3n) is 2.31. The Bertz CT molecular complexity index is 382. The summed E-state index contributed by atoms with van der Waals surface area (Å²) in [6, 6.07) is 3.57. The normalized spacial score (nSPS) is 15.7. The topological polar surface area (TPSA) is 45.9 Å². The summed E-state index contributed by atoms with van der Waals surface area (Å²) in [5.41, 5.74) is 0.413. The van der Waals surface area contributed by atoms with Gasteiger partial charge in [0.25, 0.3) is 0 Å². The van der Waals surface area contributed by atoms with Crippen molar-refractivity contribution in [3.63, 3.8) is 0 Å². The molecule has 0 bridgehead atoms.